The van der Waals surface area contributed by atoms with Gasteiger partial charge in [-0.1, -0.05) is 6.07 Å². The Kier molecular flexibility index (Phi) is 2.49. The van der Waals surface area contributed by atoms with Crippen LogP contribution in [0.1, 0.15) is 0 Å². The van der Waals surface area contributed by atoms with Crippen molar-refractivity contribution in [1.82, 2.24) is 15.0 Å². The molecule has 18 heavy (non-hydrogen) atoms. The molecule has 0 aliphatic heterocycles. The van der Waals surface area contributed by atoms with Gasteiger partial charge in [-0.05, 0) is 24.3 Å². The third kappa shape index (κ3) is 1.82. The monoisotopic (exact) mass is 238 g/mol. The zero-order valence-corrected chi connectivity index (χ0v) is 9.45. The highest BCUT2D eigenvalue weighted by Crippen LogP contribution is 2.25. The zero-order chi connectivity index (χ0) is 12.4. The average Bonchev–Trinajstić information content (AvgIpc) is 2.93. The van der Waals surface area contributed by atoms with Gasteiger partial charge in [-0.2, -0.15) is 0 Å². The van der Waals surface area contributed by atoms with Crippen LogP contribution in [0.5, 0.6) is 0 Å². The molecule has 0 fully saturated rings. The Morgan fingerprint density at radius 2 is 2.00 bits per heavy atom. The van der Waals surface area contributed by atoms with Gasteiger partial charge in [0.2, 0.25) is 0 Å². The number of hydrogen-bond donors (Lipinski definition) is 1. The third-order valence-electron chi connectivity index (χ3n) is 2.50. The van der Waals surface area contributed by atoms with Crippen molar-refractivity contribution in [2.75, 3.05) is 5.73 Å². The fourth-order valence-corrected chi connectivity index (χ4v) is 1.64. The summed E-state index contributed by atoms with van der Waals surface area (Å²) >= 11 is 0. The van der Waals surface area contributed by atoms with E-state index in [0.717, 1.165) is 0 Å². The second kappa shape index (κ2) is 4.29. The first kappa shape index (κ1) is 10.5. The Bertz CT molecular complexity index is 650. The summed E-state index contributed by atoms with van der Waals surface area (Å²) in [6.07, 6.45) is 4.92. The molecule has 3 aromatic rings. The van der Waals surface area contributed by atoms with Crippen LogP contribution in [0.2, 0.25) is 0 Å². The molecule has 0 aliphatic carbocycles. The van der Waals surface area contributed by atoms with Crippen LogP contribution in [0, 0.1) is 0 Å². The number of anilines is 1. The summed E-state index contributed by atoms with van der Waals surface area (Å²) in [5, 5.41) is 0. The van der Waals surface area contributed by atoms with Crippen molar-refractivity contribution in [3.63, 3.8) is 0 Å². The molecule has 0 aromatic carbocycles. The lowest BCUT2D eigenvalue weighted by atomic mass is 10.2. The van der Waals surface area contributed by atoms with E-state index >= 15 is 0 Å². The molecule has 0 unspecified atom stereocenters. The Morgan fingerprint density at radius 3 is 2.67 bits per heavy atom. The van der Waals surface area contributed by atoms with Gasteiger partial charge in [0.1, 0.15) is 17.3 Å². The molecule has 3 heterocycles. The van der Waals surface area contributed by atoms with Crippen molar-refractivity contribution in [2.24, 2.45) is 0 Å². The van der Waals surface area contributed by atoms with Crippen LogP contribution in [0.15, 0.2) is 53.4 Å². The molecule has 88 valence electrons. The van der Waals surface area contributed by atoms with E-state index in [9.17, 15) is 0 Å². The standard InChI is InChI=1S/C13H10N4O/c14-12-9(11-5-3-7-18-11)8-16-13(17-12)10-4-1-2-6-15-10/h1-8H,(H2,14,16,17). The van der Waals surface area contributed by atoms with E-state index in [4.69, 9.17) is 10.2 Å². The topological polar surface area (TPSA) is 77.8 Å². The molecule has 2 N–H and O–H groups in total. The molecule has 0 spiro atoms. The Labute approximate surface area is 103 Å². The van der Waals surface area contributed by atoms with Crippen LogP contribution >= 0.6 is 0 Å². The normalized spacial score (nSPS) is 10.4. The van der Waals surface area contributed by atoms with Crippen molar-refractivity contribution < 1.29 is 4.42 Å². The third-order valence-corrected chi connectivity index (χ3v) is 2.50. The number of nitrogens with zero attached hydrogens (tertiary/aromatic N) is 3. The number of nitrogen functional groups attached to an aromatic ring is 1. The maximum absolute atomic E-state index is 5.91. The fraction of sp³-hybridized carbons (Fsp3) is 0. The molecule has 0 aliphatic rings. The predicted molar refractivity (Wildman–Crippen MR) is 67.4 cm³/mol. The minimum Gasteiger partial charge on any atom is -0.464 e. The highest BCUT2D eigenvalue weighted by Gasteiger charge is 2.10. The van der Waals surface area contributed by atoms with Gasteiger partial charge >= 0.3 is 0 Å². The van der Waals surface area contributed by atoms with Crippen molar-refractivity contribution in [2.45, 2.75) is 0 Å². The highest BCUT2D eigenvalue weighted by atomic mass is 16.3. The van der Waals surface area contributed by atoms with Crippen LogP contribution in [0.4, 0.5) is 5.82 Å². The maximum Gasteiger partial charge on any atom is 0.180 e. The molecule has 0 radical (unpaired) electrons. The summed E-state index contributed by atoms with van der Waals surface area (Å²) in [5.74, 6) is 1.53. The number of pyridine rings is 1. The minimum atomic E-state index is 0.376. The summed E-state index contributed by atoms with van der Waals surface area (Å²) in [6, 6.07) is 9.16. The minimum absolute atomic E-state index is 0.376. The molecule has 5 heteroatoms. The van der Waals surface area contributed by atoms with Crippen molar-refractivity contribution in [1.29, 1.82) is 0 Å². The zero-order valence-electron chi connectivity index (χ0n) is 9.45. The van der Waals surface area contributed by atoms with Crippen LogP contribution in [-0.2, 0) is 0 Å². The van der Waals surface area contributed by atoms with Gasteiger partial charge in [-0.15, -0.1) is 0 Å². The van der Waals surface area contributed by atoms with Crippen LogP contribution in [-0.4, -0.2) is 15.0 Å². The van der Waals surface area contributed by atoms with E-state index in [1.165, 1.54) is 0 Å². The van der Waals surface area contributed by atoms with E-state index < -0.39 is 0 Å². The molecule has 5 nitrogen and oxygen atoms in total. The smallest absolute Gasteiger partial charge is 0.180 e. The fourth-order valence-electron chi connectivity index (χ4n) is 1.64. The van der Waals surface area contributed by atoms with E-state index in [0.29, 0.717) is 28.7 Å². The first-order valence-electron chi connectivity index (χ1n) is 5.42. The summed E-state index contributed by atoms with van der Waals surface area (Å²) in [4.78, 5) is 12.7. The number of nitrogens with two attached hydrogens (primary N) is 1. The van der Waals surface area contributed by atoms with E-state index in [1.807, 2.05) is 24.3 Å². The van der Waals surface area contributed by atoms with Crippen LogP contribution in [0.25, 0.3) is 22.8 Å². The van der Waals surface area contributed by atoms with Gasteiger partial charge < -0.3 is 10.2 Å². The number of rotatable bonds is 2. The van der Waals surface area contributed by atoms with Crippen molar-refractivity contribution >= 4 is 5.82 Å². The van der Waals surface area contributed by atoms with Crippen molar-refractivity contribution in [3.05, 3.63) is 49.0 Å². The SMILES string of the molecule is Nc1nc(-c2ccccn2)ncc1-c1ccco1. The first-order valence-corrected chi connectivity index (χ1v) is 5.42. The Morgan fingerprint density at radius 1 is 1.06 bits per heavy atom. The Balaban J connectivity index is 2.05. The molecule has 3 aromatic heterocycles. The van der Waals surface area contributed by atoms with E-state index in [1.54, 1.807) is 24.7 Å². The van der Waals surface area contributed by atoms with Crippen molar-refractivity contribution in [3.8, 4) is 22.8 Å². The maximum atomic E-state index is 5.91. The lowest BCUT2D eigenvalue weighted by Gasteiger charge is -2.03. The second-order valence-electron chi connectivity index (χ2n) is 3.68. The molecule has 0 saturated heterocycles. The largest absolute Gasteiger partial charge is 0.464 e. The van der Waals surface area contributed by atoms with Gasteiger partial charge in [-0.25, -0.2) is 9.97 Å². The number of furan rings is 1. The van der Waals surface area contributed by atoms with Gasteiger partial charge in [0.15, 0.2) is 5.82 Å². The average molecular weight is 238 g/mol. The second-order valence-corrected chi connectivity index (χ2v) is 3.68. The lowest BCUT2D eigenvalue weighted by Crippen LogP contribution is -1.99. The molecule has 0 saturated carbocycles. The van der Waals surface area contributed by atoms with Gasteiger partial charge in [0.25, 0.3) is 0 Å². The molecule has 0 bridgehead atoms. The van der Waals surface area contributed by atoms with Crippen LogP contribution < -0.4 is 5.73 Å². The molecule has 0 atom stereocenters. The summed E-state index contributed by atoms with van der Waals surface area (Å²) in [6.45, 7) is 0. The first-order chi connectivity index (χ1) is 8.84. The summed E-state index contributed by atoms with van der Waals surface area (Å²) in [7, 11) is 0. The quantitative estimate of drug-likeness (QED) is 0.741. The highest BCUT2D eigenvalue weighted by molar-refractivity contribution is 5.70. The lowest BCUT2D eigenvalue weighted by molar-refractivity contribution is 0.582. The molecule has 3 rings (SSSR count). The Hall–Kier alpha value is -2.69. The molecule has 0 amide bonds. The molecular weight excluding hydrogens is 228 g/mol. The van der Waals surface area contributed by atoms with E-state index in [-0.39, 0.29) is 0 Å². The predicted octanol–water partition coefficient (Wildman–Crippen LogP) is 2.38. The van der Waals surface area contributed by atoms with Gasteiger partial charge in [0, 0.05) is 12.4 Å². The number of aromatic nitrogens is 3. The van der Waals surface area contributed by atoms with Gasteiger partial charge in [-0.3, -0.25) is 4.98 Å². The summed E-state index contributed by atoms with van der Waals surface area (Å²) < 4.78 is 5.27. The van der Waals surface area contributed by atoms with Crippen LogP contribution in [0.3, 0.4) is 0 Å². The summed E-state index contributed by atoms with van der Waals surface area (Å²) in [5.41, 5.74) is 7.28. The molecular formula is C13H10N4O. The number of hydrogen-bond acceptors (Lipinski definition) is 5. The van der Waals surface area contributed by atoms with E-state index in [2.05, 4.69) is 15.0 Å². The van der Waals surface area contributed by atoms with Gasteiger partial charge in [0.05, 0.1) is 11.8 Å².